The van der Waals surface area contributed by atoms with Gasteiger partial charge in [0.05, 0.1) is 0 Å². The zero-order valence-electron chi connectivity index (χ0n) is 12.1. The molecule has 0 aromatic carbocycles. The second kappa shape index (κ2) is 16.9. The van der Waals surface area contributed by atoms with E-state index in [2.05, 4.69) is 37.5 Å². The van der Waals surface area contributed by atoms with E-state index >= 15 is 0 Å². The number of rotatable bonds is 4. The van der Waals surface area contributed by atoms with Crippen LogP contribution in [0.2, 0.25) is 0 Å². The van der Waals surface area contributed by atoms with Crippen molar-refractivity contribution >= 4 is 40.1 Å². The quantitative estimate of drug-likeness (QED) is 0.438. The molecule has 11 heteroatoms. The fraction of sp³-hybridized carbons (Fsp3) is 0.889. The lowest BCUT2D eigenvalue weighted by Crippen LogP contribution is -2.42. The standard InChI is InChI=1S/C9H20N2S.2H2O3S/c1-5-10(6-2)9(12)11(7-3)8-4;2*1-4(2)3/h5-8H2,1-4H3;2*(H2,1,2,3). The Kier molecular flexibility index (Phi) is 21.0. The van der Waals surface area contributed by atoms with E-state index in [1.165, 1.54) is 0 Å². The molecule has 0 radical (unpaired) electrons. The summed E-state index contributed by atoms with van der Waals surface area (Å²) in [5, 5.41) is 0.991. The van der Waals surface area contributed by atoms with Gasteiger partial charge in [0, 0.05) is 26.2 Å². The molecule has 20 heavy (non-hydrogen) atoms. The lowest BCUT2D eigenvalue weighted by atomic mass is 10.5. The van der Waals surface area contributed by atoms with E-state index in [1.54, 1.807) is 0 Å². The van der Waals surface area contributed by atoms with Crippen molar-refractivity contribution in [1.82, 2.24) is 9.80 Å². The van der Waals surface area contributed by atoms with E-state index in [0.717, 1.165) is 31.3 Å². The van der Waals surface area contributed by atoms with Gasteiger partial charge in [0.1, 0.15) is 0 Å². The maximum atomic E-state index is 8.67. The molecule has 8 nitrogen and oxygen atoms in total. The first kappa shape index (κ1) is 24.8. The molecule has 0 aliphatic rings. The number of hydrogen-bond donors (Lipinski definition) is 4. The Morgan fingerprint density at radius 3 is 1.05 bits per heavy atom. The zero-order chi connectivity index (χ0) is 16.7. The van der Waals surface area contributed by atoms with Crippen molar-refractivity contribution in [3.63, 3.8) is 0 Å². The van der Waals surface area contributed by atoms with Crippen LogP contribution in [0.25, 0.3) is 0 Å². The van der Waals surface area contributed by atoms with Crippen molar-refractivity contribution in [2.45, 2.75) is 27.7 Å². The van der Waals surface area contributed by atoms with Gasteiger partial charge in [-0.05, 0) is 39.9 Å². The highest BCUT2D eigenvalue weighted by molar-refractivity contribution is 7.80. The lowest BCUT2D eigenvalue weighted by Gasteiger charge is -2.30. The maximum absolute atomic E-state index is 8.67. The van der Waals surface area contributed by atoms with Gasteiger partial charge < -0.3 is 9.80 Å². The van der Waals surface area contributed by atoms with Gasteiger partial charge in [-0.2, -0.15) is 8.42 Å². The van der Waals surface area contributed by atoms with Crippen molar-refractivity contribution in [2.75, 3.05) is 26.2 Å². The zero-order valence-corrected chi connectivity index (χ0v) is 14.5. The molecule has 0 amide bonds. The molecular weight excluding hydrogens is 328 g/mol. The maximum Gasteiger partial charge on any atom is 0.299 e. The molecule has 0 aromatic rings. The van der Waals surface area contributed by atoms with Crippen LogP contribution >= 0.6 is 12.2 Å². The van der Waals surface area contributed by atoms with Crippen LogP contribution in [0.15, 0.2) is 0 Å². The first-order valence-electron chi connectivity index (χ1n) is 5.81. The first-order valence-corrected chi connectivity index (χ1v) is 8.34. The highest BCUT2D eigenvalue weighted by atomic mass is 32.2. The van der Waals surface area contributed by atoms with Crippen LogP contribution in [-0.2, 0) is 22.7 Å². The summed E-state index contributed by atoms with van der Waals surface area (Å²) in [6.07, 6.45) is 0. The summed E-state index contributed by atoms with van der Waals surface area (Å²) in [7, 11) is 0. The van der Waals surface area contributed by atoms with Gasteiger partial charge in [-0.15, -0.1) is 0 Å². The van der Waals surface area contributed by atoms with Gasteiger partial charge in [-0.3, -0.25) is 18.2 Å². The summed E-state index contributed by atoms with van der Waals surface area (Å²) in [6.45, 7) is 12.6. The van der Waals surface area contributed by atoms with Crippen LogP contribution in [0.1, 0.15) is 27.7 Å². The number of nitrogens with zero attached hydrogens (tertiary/aromatic N) is 2. The Balaban J connectivity index is -0.000000297. The first-order chi connectivity index (χ1) is 9.17. The van der Waals surface area contributed by atoms with Crippen LogP contribution in [0.4, 0.5) is 0 Å². The summed E-state index contributed by atoms with van der Waals surface area (Å²) in [6, 6.07) is 0. The van der Waals surface area contributed by atoms with E-state index in [1.807, 2.05) is 0 Å². The minimum atomic E-state index is -2.61. The summed E-state index contributed by atoms with van der Waals surface area (Å²) in [5.41, 5.74) is 0. The molecule has 0 bridgehead atoms. The van der Waals surface area contributed by atoms with Crippen molar-refractivity contribution < 1.29 is 26.6 Å². The van der Waals surface area contributed by atoms with Crippen LogP contribution in [0.5, 0.6) is 0 Å². The summed E-state index contributed by atoms with van der Waals surface area (Å²) >= 11 is 0.123. The SMILES string of the molecule is CCN(CC)C(=S)N(CC)CC.O=S(O)O.O=S(O)O. The van der Waals surface area contributed by atoms with E-state index in [9.17, 15) is 0 Å². The minimum absolute atomic E-state index is 0.991. The molecule has 0 fully saturated rings. The summed E-state index contributed by atoms with van der Waals surface area (Å²) in [5.74, 6) is 0. The van der Waals surface area contributed by atoms with Crippen molar-refractivity contribution in [1.29, 1.82) is 0 Å². The molecule has 0 spiro atoms. The predicted octanol–water partition coefficient (Wildman–Crippen LogP) is 1.32. The van der Waals surface area contributed by atoms with E-state index in [-0.39, 0.29) is 0 Å². The third-order valence-corrected chi connectivity index (χ3v) is 2.58. The van der Waals surface area contributed by atoms with Gasteiger partial charge >= 0.3 is 0 Å². The highest BCUT2D eigenvalue weighted by Crippen LogP contribution is 1.98. The smallest absolute Gasteiger partial charge is 0.299 e. The molecule has 0 aromatic heterocycles. The Bertz CT molecular complexity index is 251. The van der Waals surface area contributed by atoms with Crippen LogP contribution in [-0.4, -0.2) is 67.7 Å². The predicted molar refractivity (Wildman–Crippen MR) is 85.2 cm³/mol. The molecule has 124 valence electrons. The molecule has 0 heterocycles. The van der Waals surface area contributed by atoms with Crippen LogP contribution in [0, 0.1) is 0 Å². The van der Waals surface area contributed by atoms with Gasteiger partial charge in [-0.1, -0.05) is 0 Å². The normalized spacial score (nSPS) is 9.30. The largest absolute Gasteiger partial charge is 0.350 e. The molecule has 0 atom stereocenters. The average molecular weight is 352 g/mol. The van der Waals surface area contributed by atoms with Crippen LogP contribution in [0.3, 0.4) is 0 Å². The van der Waals surface area contributed by atoms with E-state index in [0.29, 0.717) is 0 Å². The Morgan fingerprint density at radius 2 is 0.950 bits per heavy atom. The number of hydrogen-bond acceptors (Lipinski definition) is 3. The monoisotopic (exact) mass is 352 g/mol. The van der Waals surface area contributed by atoms with Gasteiger partial charge in [0.2, 0.25) is 0 Å². The van der Waals surface area contributed by atoms with Crippen molar-refractivity contribution in [3.8, 4) is 0 Å². The third-order valence-electron chi connectivity index (χ3n) is 2.07. The summed E-state index contributed by atoms with van der Waals surface area (Å²) in [4.78, 5) is 4.42. The summed E-state index contributed by atoms with van der Waals surface area (Å²) < 4.78 is 45.7. The van der Waals surface area contributed by atoms with Crippen molar-refractivity contribution in [2.24, 2.45) is 0 Å². The van der Waals surface area contributed by atoms with Gasteiger partial charge in [0.25, 0.3) is 22.7 Å². The van der Waals surface area contributed by atoms with E-state index < -0.39 is 22.7 Å². The molecule has 0 unspecified atom stereocenters. The number of thiocarbonyl (C=S) groups is 1. The van der Waals surface area contributed by atoms with E-state index in [4.69, 9.17) is 38.8 Å². The minimum Gasteiger partial charge on any atom is -0.350 e. The Morgan fingerprint density at radius 1 is 0.800 bits per heavy atom. The molecule has 4 N–H and O–H groups in total. The third kappa shape index (κ3) is 20.2. The van der Waals surface area contributed by atoms with Crippen molar-refractivity contribution in [3.05, 3.63) is 0 Å². The van der Waals surface area contributed by atoms with Gasteiger partial charge in [-0.25, -0.2) is 0 Å². The fourth-order valence-electron chi connectivity index (χ4n) is 1.19. The molecule has 0 aliphatic carbocycles. The van der Waals surface area contributed by atoms with Crippen LogP contribution < -0.4 is 0 Å². The lowest BCUT2D eigenvalue weighted by molar-refractivity contribution is 0.363. The second-order valence-corrected chi connectivity index (χ2v) is 4.38. The molecular formula is C9H24N2O6S3. The average Bonchev–Trinajstić information content (AvgIpc) is 2.30. The molecule has 0 saturated heterocycles. The Hall–Kier alpha value is -0.170. The van der Waals surface area contributed by atoms with Gasteiger partial charge in [0.15, 0.2) is 5.11 Å². The second-order valence-electron chi connectivity index (χ2n) is 3.09. The topological polar surface area (TPSA) is 122 Å². The Labute approximate surface area is 130 Å². The molecule has 0 aliphatic heterocycles. The highest BCUT2D eigenvalue weighted by Gasteiger charge is 2.09. The molecule has 0 saturated carbocycles. The fourth-order valence-corrected chi connectivity index (χ4v) is 1.70. The molecule has 0 rings (SSSR count).